The molecule has 0 radical (unpaired) electrons. The normalized spacial score (nSPS) is 11.5. The van der Waals surface area contributed by atoms with Crippen LogP contribution < -0.4 is 10.2 Å². The zero-order chi connectivity index (χ0) is 25.5. The summed E-state index contributed by atoms with van der Waals surface area (Å²) >= 11 is 0. The molecule has 0 saturated heterocycles. The average molecular weight is 488 g/mol. The Labute approximate surface area is 198 Å². The molecule has 0 saturated carbocycles. The molecule has 0 aliphatic rings. The topological polar surface area (TPSA) is 140 Å². The van der Waals surface area contributed by atoms with E-state index in [1.165, 1.54) is 19.0 Å². The number of ether oxygens (including phenoxy) is 1. The van der Waals surface area contributed by atoms with E-state index in [9.17, 15) is 23.2 Å². The highest BCUT2D eigenvalue weighted by atomic mass is 19.1. The van der Waals surface area contributed by atoms with Gasteiger partial charge in [-0.3, -0.25) is 9.59 Å². The molecule has 0 aliphatic heterocycles. The minimum atomic E-state index is -1.43. The van der Waals surface area contributed by atoms with Gasteiger partial charge in [0.2, 0.25) is 5.82 Å². The largest absolute Gasteiger partial charge is 0.481 e. The maximum atomic E-state index is 14.3. The van der Waals surface area contributed by atoms with Crippen LogP contribution in [0.2, 0.25) is 0 Å². The van der Waals surface area contributed by atoms with Crippen LogP contribution in [0.15, 0.2) is 42.5 Å². The van der Waals surface area contributed by atoms with E-state index in [0.717, 1.165) is 16.9 Å². The number of anilines is 1. The standard InChI is InChI=1S/C22H22F2N6O5/c1-29(2)20-15(23)8-14(9-16(20)24)21-26-28-30(27-21)11-18(31)17(10-19(32)33)25-22(34)35-12-13-6-4-3-5-7-13/h3-9,17H,10-12H2,1-2H3,(H,25,34)(H,32,33). The van der Waals surface area contributed by atoms with Crippen molar-refractivity contribution in [1.29, 1.82) is 0 Å². The molecular weight excluding hydrogens is 466 g/mol. The number of carbonyl (C=O) groups excluding carboxylic acids is 2. The molecule has 0 spiro atoms. The summed E-state index contributed by atoms with van der Waals surface area (Å²) in [6.45, 7) is -0.626. The summed E-state index contributed by atoms with van der Waals surface area (Å²) in [6, 6.07) is 9.39. The summed E-state index contributed by atoms with van der Waals surface area (Å²) in [5.74, 6) is -3.89. The van der Waals surface area contributed by atoms with E-state index in [4.69, 9.17) is 9.84 Å². The smallest absolute Gasteiger partial charge is 0.408 e. The Kier molecular flexibility index (Phi) is 8.02. The van der Waals surface area contributed by atoms with E-state index in [1.54, 1.807) is 30.3 Å². The molecule has 0 bridgehead atoms. The van der Waals surface area contributed by atoms with Crippen LogP contribution in [0.5, 0.6) is 0 Å². The number of halogens is 2. The highest BCUT2D eigenvalue weighted by Gasteiger charge is 2.26. The summed E-state index contributed by atoms with van der Waals surface area (Å²) in [7, 11) is 2.97. The van der Waals surface area contributed by atoms with Gasteiger partial charge in [-0.1, -0.05) is 30.3 Å². The summed E-state index contributed by atoms with van der Waals surface area (Å²) in [4.78, 5) is 38.0. The van der Waals surface area contributed by atoms with Gasteiger partial charge in [0.05, 0.1) is 6.42 Å². The zero-order valence-electron chi connectivity index (χ0n) is 18.8. The molecule has 13 heteroatoms. The molecule has 2 aromatic carbocycles. The molecule has 0 aliphatic carbocycles. The molecule has 3 aromatic rings. The van der Waals surface area contributed by atoms with Crippen molar-refractivity contribution in [2.24, 2.45) is 0 Å². The second kappa shape index (κ2) is 11.1. The van der Waals surface area contributed by atoms with E-state index in [0.29, 0.717) is 5.56 Å². The maximum Gasteiger partial charge on any atom is 0.408 e. The molecular formula is C22H22F2N6O5. The fraction of sp³-hybridized carbons (Fsp3) is 0.273. The predicted octanol–water partition coefficient (Wildman–Crippen LogP) is 2.02. The van der Waals surface area contributed by atoms with Crippen LogP contribution in [-0.4, -0.2) is 63.3 Å². The van der Waals surface area contributed by atoms with Crippen molar-refractivity contribution in [2.45, 2.75) is 25.6 Å². The van der Waals surface area contributed by atoms with Crippen molar-refractivity contribution in [3.8, 4) is 11.4 Å². The molecule has 1 aromatic heterocycles. The second-order valence-electron chi connectivity index (χ2n) is 7.65. The summed E-state index contributed by atoms with van der Waals surface area (Å²) in [5.41, 5.74) is 0.460. The highest BCUT2D eigenvalue weighted by Crippen LogP contribution is 2.26. The number of carboxylic acids is 1. The number of nitrogens with zero attached hydrogens (tertiary/aromatic N) is 5. The number of Topliss-reactive ketones (excluding diaryl/α,β-unsaturated/α-hetero) is 1. The summed E-state index contributed by atoms with van der Waals surface area (Å²) in [5, 5.41) is 22.6. The van der Waals surface area contributed by atoms with E-state index in [1.807, 2.05) is 0 Å². The Bertz CT molecular complexity index is 1200. The van der Waals surface area contributed by atoms with Gasteiger partial charge in [0.25, 0.3) is 0 Å². The minimum absolute atomic E-state index is 0.00556. The fourth-order valence-electron chi connectivity index (χ4n) is 3.12. The number of benzene rings is 2. The molecule has 0 fully saturated rings. The van der Waals surface area contributed by atoms with Crippen LogP contribution in [-0.2, 0) is 27.5 Å². The number of rotatable bonds is 10. The molecule has 35 heavy (non-hydrogen) atoms. The molecule has 1 heterocycles. The van der Waals surface area contributed by atoms with E-state index in [-0.39, 0.29) is 23.7 Å². The molecule has 3 rings (SSSR count). The Morgan fingerprint density at radius 1 is 1.14 bits per heavy atom. The molecule has 11 nitrogen and oxygen atoms in total. The number of tetrazole rings is 1. The molecule has 1 unspecified atom stereocenters. The first-order chi connectivity index (χ1) is 16.6. The number of carboxylic acid groups (broad SMARTS) is 1. The van der Waals surface area contributed by atoms with Gasteiger partial charge in [0.1, 0.15) is 36.5 Å². The van der Waals surface area contributed by atoms with Gasteiger partial charge >= 0.3 is 12.1 Å². The van der Waals surface area contributed by atoms with Gasteiger partial charge in [-0.15, -0.1) is 10.2 Å². The lowest BCUT2D eigenvalue weighted by Crippen LogP contribution is -2.44. The number of alkyl carbamates (subject to hydrolysis) is 1. The predicted molar refractivity (Wildman–Crippen MR) is 118 cm³/mol. The van der Waals surface area contributed by atoms with Gasteiger partial charge in [-0.2, -0.15) is 4.80 Å². The number of ketones is 1. The van der Waals surface area contributed by atoms with Crippen molar-refractivity contribution in [2.75, 3.05) is 19.0 Å². The third-order valence-corrected chi connectivity index (χ3v) is 4.74. The number of carbonyl (C=O) groups is 3. The minimum Gasteiger partial charge on any atom is -0.481 e. The highest BCUT2D eigenvalue weighted by molar-refractivity contribution is 5.90. The average Bonchev–Trinajstić information content (AvgIpc) is 3.25. The van der Waals surface area contributed by atoms with Crippen LogP contribution in [0.1, 0.15) is 12.0 Å². The Morgan fingerprint density at radius 2 is 1.80 bits per heavy atom. The van der Waals surface area contributed by atoms with Crippen molar-refractivity contribution >= 4 is 23.5 Å². The van der Waals surface area contributed by atoms with E-state index < -0.39 is 48.5 Å². The lowest BCUT2D eigenvalue weighted by atomic mass is 10.1. The molecule has 184 valence electrons. The van der Waals surface area contributed by atoms with Crippen LogP contribution >= 0.6 is 0 Å². The number of aromatic nitrogens is 4. The third kappa shape index (κ3) is 6.79. The lowest BCUT2D eigenvalue weighted by molar-refractivity contribution is -0.139. The van der Waals surface area contributed by atoms with Gasteiger partial charge in [0.15, 0.2) is 5.78 Å². The SMILES string of the molecule is CN(C)c1c(F)cc(-c2nnn(CC(=O)C(CC(=O)O)NC(=O)OCc3ccccc3)n2)cc1F. The van der Waals surface area contributed by atoms with Crippen molar-refractivity contribution in [1.82, 2.24) is 25.5 Å². The molecule has 1 amide bonds. The van der Waals surface area contributed by atoms with Crippen LogP contribution in [0, 0.1) is 11.6 Å². The number of hydrogen-bond donors (Lipinski definition) is 2. The Balaban J connectivity index is 1.67. The Hall–Kier alpha value is -4.42. The van der Waals surface area contributed by atoms with Gasteiger partial charge < -0.3 is 20.1 Å². The second-order valence-corrected chi connectivity index (χ2v) is 7.65. The van der Waals surface area contributed by atoms with E-state index >= 15 is 0 Å². The Morgan fingerprint density at radius 3 is 2.40 bits per heavy atom. The number of nitrogens with one attached hydrogen (secondary N) is 1. The number of hydrogen-bond acceptors (Lipinski definition) is 8. The molecule has 1 atom stereocenters. The number of aliphatic carboxylic acids is 1. The van der Waals surface area contributed by atoms with E-state index in [2.05, 4.69) is 20.7 Å². The quantitative estimate of drug-likeness (QED) is 0.439. The van der Waals surface area contributed by atoms with Gasteiger partial charge in [0, 0.05) is 19.7 Å². The van der Waals surface area contributed by atoms with Gasteiger partial charge in [-0.05, 0) is 22.9 Å². The summed E-state index contributed by atoms with van der Waals surface area (Å²) in [6.07, 6.45) is -1.68. The van der Waals surface area contributed by atoms with Crippen molar-refractivity contribution < 1.29 is 33.0 Å². The first kappa shape index (κ1) is 25.2. The fourth-order valence-corrected chi connectivity index (χ4v) is 3.12. The third-order valence-electron chi connectivity index (χ3n) is 4.74. The van der Waals surface area contributed by atoms with Gasteiger partial charge in [-0.25, -0.2) is 13.6 Å². The zero-order valence-corrected chi connectivity index (χ0v) is 18.8. The summed E-state index contributed by atoms with van der Waals surface area (Å²) < 4.78 is 33.5. The first-order valence-corrected chi connectivity index (χ1v) is 10.3. The van der Waals surface area contributed by atoms with Crippen molar-refractivity contribution in [3.63, 3.8) is 0 Å². The first-order valence-electron chi connectivity index (χ1n) is 10.3. The van der Waals surface area contributed by atoms with Crippen LogP contribution in [0.4, 0.5) is 19.3 Å². The van der Waals surface area contributed by atoms with Crippen molar-refractivity contribution in [3.05, 3.63) is 59.7 Å². The van der Waals surface area contributed by atoms with Crippen LogP contribution in [0.25, 0.3) is 11.4 Å². The monoisotopic (exact) mass is 488 g/mol. The van der Waals surface area contributed by atoms with Crippen LogP contribution in [0.3, 0.4) is 0 Å². The number of amides is 1. The lowest BCUT2D eigenvalue weighted by Gasteiger charge is -2.15. The maximum absolute atomic E-state index is 14.3. The molecule has 2 N–H and O–H groups in total.